The molecule has 0 aliphatic carbocycles. The van der Waals surface area contributed by atoms with Gasteiger partial charge in [0.2, 0.25) is 0 Å². The Morgan fingerprint density at radius 3 is 2.65 bits per heavy atom. The molecule has 0 aromatic heterocycles. The largest absolute Gasteiger partial charge is 0.482 e. The molecule has 0 unspecified atom stereocenters. The summed E-state index contributed by atoms with van der Waals surface area (Å²) in [6, 6.07) is 18.1. The van der Waals surface area contributed by atoms with E-state index in [1.54, 1.807) is 6.21 Å². The Morgan fingerprint density at radius 2 is 1.88 bits per heavy atom. The molecule has 3 aromatic carbocycles. The third-order valence-electron chi connectivity index (χ3n) is 3.90. The average Bonchev–Trinajstić information content (AvgIpc) is 2.60. The van der Waals surface area contributed by atoms with Gasteiger partial charge in [-0.05, 0) is 69.4 Å². The molecular weight excluding hydrogens is 392 g/mol. The van der Waals surface area contributed by atoms with Crippen molar-refractivity contribution in [3.05, 3.63) is 75.8 Å². The molecule has 0 heterocycles. The van der Waals surface area contributed by atoms with Crippen LogP contribution < -0.4 is 10.2 Å². The highest BCUT2D eigenvalue weighted by Crippen LogP contribution is 2.30. The SMILES string of the molecule is Cc1cc(C)c(OCC(=O)NN=Cc2ccc3ccccc3c2)c(Br)c1. The quantitative estimate of drug-likeness (QED) is 0.487. The van der Waals surface area contributed by atoms with E-state index in [2.05, 4.69) is 32.5 Å². The van der Waals surface area contributed by atoms with Crippen LogP contribution in [0.25, 0.3) is 10.8 Å². The van der Waals surface area contributed by atoms with Gasteiger partial charge in [-0.15, -0.1) is 0 Å². The van der Waals surface area contributed by atoms with Gasteiger partial charge >= 0.3 is 0 Å². The van der Waals surface area contributed by atoms with Crippen molar-refractivity contribution in [2.24, 2.45) is 5.10 Å². The molecule has 1 N–H and O–H groups in total. The number of carbonyl (C=O) groups excluding carboxylic acids is 1. The van der Waals surface area contributed by atoms with Crippen LogP contribution >= 0.6 is 15.9 Å². The zero-order chi connectivity index (χ0) is 18.5. The molecule has 0 aliphatic heterocycles. The van der Waals surface area contributed by atoms with Crippen LogP contribution in [0.2, 0.25) is 0 Å². The lowest BCUT2D eigenvalue weighted by atomic mass is 10.1. The van der Waals surface area contributed by atoms with Crippen molar-refractivity contribution in [2.75, 3.05) is 6.61 Å². The molecule has 0 fully saturated rings. The predicted molar refractivity (Wildman–Crippen MR) is 109 cm³/mol. The summed E-state index contributed by atoms with van der Waals surface area (Å²) in [7, 11) is 0. The Balaban J connectivity index is 1.57. The molecule has 3 aromatic rings. The third-order valence-corrected chi connectivity index (χ3v) is 4.49. The lowest BCUT2D eigenvalue weighted by molar-refractivity contribution is -0.123. The van der Waals surface area contributed by atoms with Gasteiger partial charge in [0.15, 0.2) is 6.61 Å². The summed E-state index contributed by atoms with van der Waals surface area (Å²) in [6.07, 6.45) is 1.62. The third kappa shape index (κ3) is 4.49. The van der Waals surface area contributed by atoms with Crippen LogP contribution in [0.3, 0.4) is 0 Å². The first-order valence-corrected chi connectivity index (χ1v) is 9.02. The van der Waals surface area contributed by atoms with E-state index in [1.807, 2.05) is 62.4 Å². The molecule has 0 bridgehead atoms. The number of hydrazone groups is 1. The Kier molecular flexibility index (Phi) is 5.68. The van der Waals surface area contributed by atoms with Crippen LogP contribution in [-0.4, -0.2) is 18.7 Å². The minimum Gasteiger partial charge on any atom is -0.482 e. The molecule has 1 amide bonds. The van der Waals surface area contributed by atoms with Crippen molar-refractivity contribution in [1.29, 1.82) is 0 Å². The van der Waals surface area contributed by atoms with E-state index in [0.717, 1.165) is 26.5 Å². The van der Waals surface area contributed by atoms with Gasteiger partial charge in [-0.3, -0.25) is 4.79 Å². The second-order valence-electron chi connectivity index (χ2n) is 6.08. The highest BCUT2D eigenvalue weighted by molar-refractivity contribution is 9.10. The van der Waals surface area contributed by atoms with E-state index in [0.29, 0.717) is 5.75 Å². The van der Waals surface area contributed by atoms with E-state index >= 15 is 0 Å². The van der Waals surface area contributed by atoms with Gasteiger partial charge in [0.25, 0.3) is 5.91 Å². The Bertz CT molecular complexity index is 960. The number of aryl methyl sites for hydroxylation is 2. The summed E-state index contributed by atoms with van der Waals surface area (Å²) >= 11 is 3.46. The Labute approximate surface area is 161 Å². The van der Waals surface area contributed by atoms with E-state index < -0.39 is 0 Å². The minimum atomic E-state index is -0.311. The predicted octanol–water partition coefficient (Wildman–Crippen LogP) is 4.75. The van der Waals surface area contributed by atoms with Crippen LogP contribution in [0.4, 0.5) is 0 Å². The van der Waals surface area contributed by atoms with Gasteiger partial charge in [-0.1, -0.05) is 42.5 Å². The number of hydrogen-bond acceptors (Lipinski definition) is 3. The number of carbonyl (C=O) groups is 1. The highest BCUT2D eigenvalue weighted by atomic mass is 79.9. The Morgan fingerprint density at radius 1 is 1.12 bits per heavy atom. The summed E-state index contributed by atoms with van der Waals surface area (Å²) < 4.78 is 6.45. The van der Waals surface area contributed by atoms with E-state index in [4.69, 9.17) is 4.74 Å². The first-order valence-electron chi connectivity index (χ1n) is 8.23. The maximum absolute atomic E-state index is 11.9. The van der Waals surface area contributed by atoms with Gasteiger partial charge in [-0.2, -0.15) is 5.10 Å². The van der Waals surface area contributed by atoms with Crippen molar-refractivity contribution < 1.29 is 9.53 Å². The fraction of sp³-hybridized carbons (Fsp3) is 0.143. The monoisotopic (exact) mass is 410 g/mol. The van der Waals surface area contributed by atoms with E-state index in [-0.39, 0.29) is 12.5 Å². The summed E-state index contributed by atoms with van der Waals surface area (Å²) in [4.78, 5) is 11.9. The number of fused-ring (bicyclic) bond motifs is 1. The van der Waals surface area contributed by atoms with Crippen molar-refractivity contribution in [3.63, 3.8) is 0 Å². The number of rotatable bonds is 5. The Hall–Kier alpha value is -2.66. The van der Waals surface area contributed by atoms with Gasteiger partial charge in [-0.25, -0.2) is 5.43 Å². The number of amides is 1. The maximum atomic E-state index is 11.9. The molecule has 4 nitrogen and oxygen atoms in total. The standard InChI is InChI=1S/C21H19BrN2O2/c1-14-9-15(2)21(19(22)10-14)26-13-20(25)24-23-12-16-7-8-17-5-3-4-6-18(17)11-16/h3-12H,13H2,1-2H3,(H,24,25). The molecular formula is C21H19BrN2O2. The smallest absolute Gasteiger partial charge is 0.277 e. The fourth-order valence-electron chi connectivity index (χ4n) is 2.72. The van der Waals surface area contributed by atoms with Crippen LogP contribution in [-0.2, 0) is 4.79 Å². The normalized spacial score (nSPS) is 11.0. The topological polar surface area (TPSA) is 50.7 Å². The number of nitrogens with one attached hydrogen (secondary N) is 1. The molecule has 0 saturated carbocycles. The van der Waals surface area contributed by atoms with Crippen molar-refractivity contribution in [1.82, 2.24) is 5.43 Å². The van der Waals surface area contributed by atoms with Gasteiger partial charge < -0.3 is 4.74 Å². The van der Waals surface area contributed by atoms with Gasteiger partial charge in [0.05, 0.1) is 10.7 Å². The van der Waals surface area contributed by atoms with Crippen molar-refractivity contribution in [3.8, 4) is 5.75 Å². The lowest BCUT2D eigenvalue weighted by Crippen LogP contribution is -2.24. The van der Waals surface area contributed by atoms with Crippen LogP contribution in [0, 0.1) is 13.8 Å². The first-order chi connectivity index (χ1) is 12.5. The minimum absolute atomic E-state index is 0.0996. The fourth-order valence-corrected chi connectivity index (χ4v) is 3.51. The molecule has 3 rings (SSSR count). The molecule has 0 saturated heterocycles. The number of halogens is 1. The summed E-state index contributed by atoms with van der Waals surface area (Å²) in [5.74, 6) is 0.359. The zero-order valence-corrected chi connectivity index (χ0v) is 16.2. The number of ether oxygens (including phenoxy) is 1. The van der Waals surface area contributed by atoms with Crippen molar-refractivity contribution >= 4 is 38.8 Å². The van der Waals surface area contributed by atoms with Gasteiger partial charge in [0.1, 0.15) is 5.75 Å². The maximum Gasteiger partial charge on any atom is 0.277 e. The first kappa shape index (κ1) is 18.1. The summed E-state index contributed by atoms with van der Waals surface area (Å²) in [6.45, 7) is 3.86. The molecule has 0 spiro atoms. The number of benzene rings is 3. The lowest BCUT2D eigenvalue weighted by Gasteiger charge is -2.11. The molecule has 132 valence electrons. The highest BCUT2D eigenvalue weighted by Gasteiger charge is 2.08. The van der Waals surface area contributed by atoms with Crippen LogP contribution in [0.1, 0.15) is 16.7 Å². The summed E-state index contributed by atoms with van der Waals surface area (Å²) in [5, 5.41) is 6.30. The molecule has 0 aliphatic rings. The molecule has 5 heteroatoms. The van der Waals surface area contributed by atoms with E-state index in [1.165, 1.54) is 5.39 Å². The number of nitrogens with zero attached hydrogens (tertiary/aromatic N) is 1. The molecule has 0 atom stereocenters. The van der Waals surface area contributed by atoms with E-state index in [9.17, 15) is 4.79 Å². The number of hydrogen-bond donors (Lipinski definition) is 1. The average molecular weight is 411 g/mol. The van der Waals surface area contributed by atoms with Crippen LogP contribution in [0.5, 0.6) is 5.75 Å². The second-order valence-corrected chi connectivity index (χ2v) is 6.94. The molecule has 0 radical (unpaired) electrons. The summed E-state index contributed by atoms with van der Waals surface area (Å²) in [5.41, 5.74) is 5.52. The van der Waals surface area contributed by atoms with Crippen molar-refractivity contribution in [2.45, 2.75) is 13.8 Å². The molecule has 26 heavy (non-hydrogen) atoms. The van der Waals surface area contributed by atoms with Gasteiger partial charge in [0, 0.05) is 0 Å². The second kappa shape index (κ2) is 8.15. The van der Waals surface area contributed by atoms with Crippen LogP contribution in [0.15, 0.2) is 64.2 Å². The zero-order valence-electron chi connectivity index (χ0n) is 14.6.